The van der Waals surface area contributed by atoms with Gasteiger partial charge in [-0.05, 0) is 49.8 Å². The SMILES string of the molecule is O=C(c1cc(S)ccc1F)N1CCCC2CCCC21. The molecular formula is C15H18FNOS. The highest BCUT2D eigenvalue weighted by molar-refractivity contribution is 7.80. The predicted octanol–water partition coefficient (Wildman–Crippen LogP) is 3.52. The van der Waals surface area contributed by atoms with Crippen molar-refractivity contribution in [2.45, 2.75) is 43.0 Å². The van der Waals surface area contributed by atoms with Gasteiger partial charge in [0.05, 0.1) is 5.56 Å². The molecule has 1 aromatic rings. The molecule has 2 fully saturated rings. The van der Waals surface area contributed by atoms with E-state index in [1.807, 2.05) is 4.90 Å². The number of likely N-dealkylation sites (tertiary alicyclic amines) is 1. The lowest BCUT2D eigenvalue weighted by atomic mass is 9.91. The summed E-state index contributed by atoms with van der Waals surface area (Å²) in [7, 11) is 0. The van der Waals surface area contributed by atoms with Crippen LogP contribution < -0.4 is 0 Å². The van der Waals surface area contributed by atoms with Crippen LogP contribution in [-0.4, -0.2) is 23.4 Å². The Morgan fingerprint density at radius 1 is 1.26 bits per heavy atom. The average molecular weight is 279 g/mol. The number of amides is 1. The summed E-state index contributed by atoms with van der Waals surface area (Å²) in [4.78, 5) is 15.1. The van der Waals surface area contributed by atoms with Crippen LogP contribution in [-0.2, 0) is 0 Å². The molecule has 2 unspecified atom stereocenters. The van der Waals surface area contributed by atoms with Gasteiger partial charge in [-0.3, -0.25) is 4.79 Å². The Morgan fingerprint density at radius 3 is 2.89 bits per heavy atom. The van der Waals surface area contributed by atoms with E-state index in [0.717, 1.165) is 19.4 Å². The number of hydrogen-bond acceptors (Lipinski definition) is 2. The number of hydrogen-bond donors (Lipinski definition) is 1. The molecule has 3 rings (SSSR count). The van der Waals surface area contributed by atoms with Crippen LogP contribution in [0, 0.1) is 11.7 Å². The molecule has 0 bridgehead atoms. The molecule has 0 aromatic heterocycles. The van der Waals surface area contributed by atoms with Crippen molar-refractivity contribution in [2.24, 2.45) is 5.92 Å². The van der Waals surface area contributed by atoms with Gasteiger partial charge in [0.25, 0.3) is 5.91 Å². The van der Waals surface area contributed by atoms with Crippen LogP contribution in [0.15, 0.2) is 23.1 Å². The lowest BCUT2D eigenvalue weighted by Gasteiger charge is -2.38. The summed E-state index contributed by atoms with van der Waals surface area (Å²) in [6.07, 6.45) is 5.72. The van der Waals surface area contributed by atoms with E-state index >= 15 is 0 Å². The molecular weight excluding hydrogens is 261 g/mol. The molecule has 0 N–H and O–H groups in total. The first kappa shape index (κ1) is 13.0. The summed E-state index contributed by atoms with van der Waals surface area (Å²) >= 11 is 4.20. The van der Waals surface area contributed by atoms with Gasteiger partial charge in [-0.15, -0.1) is 12.6 Å². The van der Waals surface area contributed by atoms with Crippen LogP contribution in [0.5, 0.6) is 0 Å². The van der Waals surface area contributed by atoms with Crippen molar-refractivity contribution in [2.75, 3.05) is 6.54 Å². The maximum absolute atomic E-state index is 13.8. The lowest BCUT2D eigenvalue weighted by molar-refractivity contribution is 0.0543. The molecule has 1 saturated carbocycles. The molecule has 1 aromatic carbocycles. The van der Waals surface area contributed by atoms with Gasteiger partial charge in [-0.25, -0.2) is 4.39 Å². The minimum absolute atomic E-state index is 0.162. The summed E-state index contributed by atoms with van der Waals surface area (Å²) in [5.41, 5.74) is 0.167. The number of halogens is 1. The minimum Gasteiger partial charge on any atom is -0.335 e. The zero-order valence-electron chi connectivity index (χ0n) is 10.8. The van der Waals surface area contributed by atoms with Crippen LogP contribution in [0.4, 0.5) is 4.39 Å². The molecule has 2 aliphatic rings. The normalized spacial score (nSPS) is 26.3. The Bertz CT molecular complexity index is 505. The van der Waals surface area contributed by atoms with Crippen molar-refractivity contribution in [3.63, 3.8) is 0 Å². The maximum atomic E-state index is 13.8. The molecule has 1 heterocycles. The minimum atomic E-state index is -0.442. The van der Waals surface area contributed by atoms with Gasteiger partial charge >= 0.3 is 0 Å². The molecule has 0 radical (unpaired) electrons. The van der Waals surface area contributed by atoms with E-state index in [2.05, 4.69) is 12.6 Å². The summed E-state index contributed by atoms with van der Waals surface area (Å²) < 4.78 is 13.8. The summed E-state index contributed by atoms with van der Waals surface area (Å²) in [5.74, 6) is 0.0212. The molecule has 1 aliphatic heterocycles. The Hall–Kier alpha value is -1.03. The van der Waals surface area contributed by atoms with Gasteiger partial charge in [0.15, 0.2) is 0 Å². The molecule has 2 atom stereocenters. The average Bonchev–Trinajstić information content (AvgIpc) is 2.89. The highest BCUT2D eigenvalue weighted by atomic mass is 32.1. The van der Waals surface area contributed by atoms with E-state index in [9.17, 15) is 9.18 Å². The van der Waals surface area contributed by atoms with E-state index in [4.69, 9.17) is 0 Å². The van der Waals surface area contributed by atoms with Gasteiger partial charge in [0, 0.05) is 17.5 Å². The lowest BCUT2D eigenvalue weighted by Crippen LogP contribution is -2.46. The van der Waals surface area contributed by atoms with E-state index < -0.39 is 5.82 Å². The second-order valence-electron chi connectivity index (χ2n) is 5.56. The van der Waals surface area contributed by atoms with Crippen LogP contribution in [0.2, 0.25) is 0 Å². The molecule has 19 heavy (non-hydrogen) atoms. The monoisotopic (exact) mass is 279 g/mol. The van der Waals surface area contributed by atoms with Crippen LogP contribution in [0.25, 0.3) is 0 Å². The number of fused-ring (bicyclic) bond motifs is 1. The van der Waals surface area contributed by atoms with Crippen molar-refractivity contribution in [1.82, 2.24) is 4.90 Å². The summed E-state index contributed by atoms with van der Waals surface area (Å²) in [6, 6.07) is 4.76. The molecule has 102 valence electrons. The van der Waals surface area contributed by atoms with E-state index in [-0.39, 0.29) is 11.5 Å². The molecule has 2 nitrogen and oxygen atoms in total. The quantitative estimate of drug-likeness (QED) is 0.780. The van der Waals surface area contributed by atoms with Gasteiger partial charge in [0.2, 0.25) is 0 Å². The van der Waals surface area contributed by atoms with E-state index in [0.29, 0.717) is 16.9 Å². The van der Waals surface area contributed by atoms with Crippen molar-refractivity contribution in [1.29, 1.82) is 0 Å². The van der Waals surface area contributed by atoms with Crippen LogP contribution in [0.1, 0.15) is 42.5 Å². The Kier molecular flexibility index (Phi) is 3.52. The van der Waals surface area contributed by atoms with Crippen molar-refractivity contribution in [3.8, 4) is 0 Å². The first-order valence-electron chi connectivity index (χ1n) is 6.96. The van der Waals surface area contributed by atoms with Crippen molar-refractivity contribution >= 4 is 18.5 Å². The van der Waals surface area contributed by atoms with E-state index in [1.165, 1.54) is 25.3 Å². The zero-order chi connectivity index (χ0) is 13.4. The highest BCUT2D eigenvalue weighted by Crippen LogP contribution is 2.37. The third kappa shape index (κ3) is 2.38. The molecule has 0 spiro atoms. The Balaban J connectivity index is 1.88. The Morgan fingerprint density at radius 2 is 2.05 bits per heavy atom. The number of rotatable bonds is 1. The number of carbonyl (C=O) groups excluding carboxylic acids is 1. The summed E-state index contributed by atoms with van der Waals surface area (Å²) in [6.45, 7) is 0.760. The first-order chi connectivity index (χ1) is 9.16. The second kappa shape index (κ2) is 5.16. The third-order valence-corrected chi connectivity index (χ3v) is 4.71. The fraction of sp³-hybridized carbons (Fsp3) is 0.533. The van der Waals surface area contributed by atoms with Crippen molar-refractivity contribution < 1.29 is 9.18 Å². The number of nitrogens with zero attached hydrogens (tertiary/aromatic N) is 1. The predicted molar refractivity (Wildman–Crippen MR) is 75.1 cm³/mol. The maximum Gasteiger partial charge on any atom is 0.257 e. The summed E-state index contributed by atoms with van der Waals surface area (Å²) in [5, 5.41) is 0. The van der Waals surface area contributed by atoms with Crippen LogP contribution in [0.3, 0.4) is 0 Å². The fourth-order valence-electron chi connectivity index (χ4n) is 3.54. The van der Waals surface area contributed by atoms with Gasteiger partial charge < -0.3 is 4.90 Å². The van der Waals surface area contributed by atoms with Crippen molar-refractivity contribution in [3.05, 3.63) is 29.6 Å². The zero-order valence-corrected chi connectivity index (χ0v) is 11.7. The Labute approximate surface area is 118 Å². The first-order valence-corrected chi connectivity index (χ1v) is 7.41. The number of piperidine rings is 1. The number of benzene rings is 1. The molecule has 1 saturated heterocycles. The third-order valence-electron chi connectivity index (χ3n) is 4.43. The number of carbonyl (C=O) groups is 1. The largest absolute Gasteiger partial charge is 0.335 e. The second-order valence-corrected chi connectivity index (χ2v) is 6.08. The molecule has 4 heteroatoms. The van der Waals surface area contributed by atoms with Gasteiger partial charge in [-0.2, -0.15) is 0 Å². The molecule has 1 amide bonds. The van der Waals surface area contributed by atoms with Crippen LogP contribution >= 0.6 is 12.6 Å². The fourth-order valence-corrected chi connectivity index (χ4v) is 3.74. The number of thiol groups is 1. The smallest absolute Gasteiger partial charge is 0.257 e. The highest BCUT2D eigenvalue weighted by Gasteiger charge is 2.38. The van der Waals surface area contributed by atoms with E-state index in [1.54, 1.807) is 12.1 Å². The topological polar surface area (TPSA) is 20.3 Å². The van der Waals surface area contributed by atoms with Gasteiger partial charge in [-0.1, -0.05) is 6.42 Å². The van der Waals surface area contributed by atoms with Gasteiger partial charge in [0.1, 0.15) is 5.82 Å². The molecule has 1 aliphatic carbocycles. The standard InChI is InChI=1S/C15H18FNOS/c16-13-7-6-11(19)9-12(13)15(18)17-8-2-4-10-3-1-5-14(10)17/h6-7,9-10,14,19H,1-5,8H2.